The molecule has 0 amide bonds. The predicted octanol–water partition coefficient (Wildman–Crippen LogP) is 30.6. The van der Waals surface area contributed by atoms with Gasteiger partial charge in [-0.25, -0.2) is 0 Å². The van der Waals surface area contributed by atoms with E-state index in [1.807, 2.05) is 24.3 Å². The van der Waals surface area contributed by atoms with Crippen LogP contribution in [0.5, 0.6) is 0 Å². The lowest BCUT2D eigenvalue weighted by molar-refractivity contribution is 0.660. The van der Waals surface area contributed by atoms with Crippen LogP contribution in [-0.2, 0) is 5.41 Å². The van der Waals surface area contributed by atoms with Gasteiger partial charge in [-0.1, -0.05) is 305 Å². The largest absolute Gasteiger partial charge is 0.455 e. The molecular formula is C107H70N2O3. The lowest BCUT2D eigenvalue weighted by Gasteiger charge is -2.28. The molecule has 0 fully saturated rings. The van der Waals surface area contributed by atoms with Crippen molar-refractivity contribution in [2.75, 3.05) is 9.80 Å². The first-order valence-corrected chi connectivity index (χ1v) is 38.5. The molecule has 0 spiro atoms. The Hall–Kier alpha value is -14.5. The summed E-state index contributed by atoms with van der Waals surface area (Å²) in [6.07, 6.45) is 0. The van der Waals surface area contributed by atoms with Crippen LogP contribution in [0.4, 0.5) is 34.1 Å². The second-order valence-corrected chi connectivity index (χ2v) is 30.2. The van der Waals surface area contributed by atoms with E-state index in [4.69, 9.17) is 13.3 Å². The average molecular weight is 1430 g/mol. The highest BCUT2D eigenvalue weighted by Gasteiger charge is 2.35. The number of nitrogens with zero attached hydrogens (tertiary/aromatic N) is 2. The van der Waals surface area contributed by atoms with Crippen LogP contribution in [0.1, 0.15) is 25.0 Å². The molecule has 112 heavy (non-hydrogen) atoms. The van der Waals surface area contributed by atoms with Crippen molar-refractivity contribution < 1.29 is 13.3 Å². The summed E-state index contributed by atoms with van der Waals surface area (Å²) in [5.74, 6) is 0. The van der Waals surface area contributed by atoms with Gasteiger partial charge in [0.1, 0.15) is 33.5 Å². The Kier molecular flexibility index (Phi) is 14.9. The normalized spacial score (nSPS) is 12.4. The van der Waals surface area contributed by atoms with Gasteiger partial charge in [0.05, 0.1) is 5.69 Å². The number of hydrogen-bond donors (Lipinski definition) is 0. The zero-order chi connectivity index (χ0) is 74.1. The summed E-state index contributed by atoms with van der Waals surface area (Å²) in [5, 5.41) is 11.5. The lowest BCUT2D eigenvalue weighted by atomic mass is 9.81. The molecule has 5 heteroatoms. The van der Waals surface area contributed by atoms with Crippen LogP contribution in [-0.4, -0.2) is 0 Å². The minimum Gasteiger partial charge on any atom is -0.455 e. The first kappa shape index (κ1) is 64.6. The Morgan fingerprint density at radius 1 is 0.205 bits per heavy atom. The van der Waals surface area contributed by atoms with Gasteiger partial charge in [0.2, 0.25) is 0 Å². The third-order valence-electron chi connectivity index (χ3n) is 23.5. The third-order valence-corrected chi connectivity index (χ3v) is 23.5. The highest BCUT2D eigenvalue weighted by atomic mass is 16.3. The third kappa shape index (κ3) is 10.6. The summed E-state index contributed by atoms with van der Waals surface area (Å²) in [4.78, 5) is 4.76. The zero-order valence-corrected chi connectivity index (χ0v) is 61.6. The Labute approximate surface area is 648 Å². The molecule has 3 aromatic heterocycles. The molecule has 18 aromatic carbocycles. The molecule has 3 heterocycles. The minimum absolute atomic E-state index is 0.0927. The minimum atomic E-state index is -0.0927. The van der Waals surface area contributed by atoms with Gasteiger partial charge in [-0.3, -0.25) is 0 Å². The first-order valence-electron chi connectivity index (χ1n) is 38.5. The highest BCUT2D eigenvalue weighted by Crippen LogP contribution is 2.52. The van der Waals surface area contributed by atoms with Crippen LogP contribution in [0.2, 0.25) is 0 Å². The van der Waals surface area contributed by atoms with Crippen molar-refractivity contribution in [1.82, 2.24) is 0 Å². The zero-order valence-electron chi connectivity index (χ0n) is 61.6. The molecule has 22 rings (SSSR count). The van der Waals surface area contributed by atoms with E-state index in [0.717, 1.165) is 167 Å². The molecule has 0 bridgehead atoms. The fourth-order valence-electron chi connectivity index (χ4n) is 17.9. The molecule has 5 nitrogen and oxygen atoms in total. The molecule has 21 aromatic rings. The molecule has 0 atom stereocenters. The van der Waals surface area contributed by atoms with Gasteiger partial charge in [-0.05, 0) is 197 Å². The summed E-state index contributed by atoms with van der Waals surface area (Å²) in [6.45, 7) is 4.69. The number of benzene rings is 18. The van der Waals surface area contributed by atoms with Gasteiger partial charge in [0.15, 0.2) is 0 Å². The summed E-state index contributed by atoms with van der Waals surface area (Å²) < 4.78 is 20.0. The molecule has 0 aliphatic heterocycles. The topological polar surface area (TPSA) is 45.9 Å². The summed E-state index contributed by atoms with van der Waals surface area (Å²) in [6, 6.07) is 141. The van der Waals surface area contributed by atoms with Gasteiger partial charge in [0, 0.05) is 88.2 Å². The maximum atomic E-state index is 6.95. The second-order valence-electron chi connectivity index (χ2n) is 30.2. The fraction of sp³-hybridized carbons (Fsp3) is 0.0280. The van der Waals surface area contributed by atoms with Crippen molar-refractivity contribution in [3.8, 4) is 89.0 Å². The number of hydrogen-bond acceptors (Lipinski definition) is 5. The van der Waals surface area contributed by atoms with Crippen LogP contribution < -0.4 is 9.80 Å². The highest BCUT2D eigenvalue weighted by molar-refractivity contribution is 6.18. The number of para-hydroxylation sites is 5. The van der Waals surface area contributed by atoms with Gasteiger partial charge in [0.25, 0.3) is 0 Å². The van der Waals surface area contributed by atoms with Gasteiger partial charge < -0.3 is 23.1 Å². The van der Waals surface area contributed by atoms with Crippen molar-refractivity contribution in [2.45, 2.75) is 19.3 Å². The van der Waals surface area contributed by atoms with Crippen molar-refractivity contribution in [1.29, 1.82) is 0 Å². The van der Waals surface area contributed by atoms with Gasteiger partial charge in [-0.15, -0.1) is 0 Å². The number of anilines is 6. The SMILES string of the molecule is CC1(C)c2ccccc2-c2ccc(-c3ccc(N(c4ccc(-c5cccc6c5oc5ccccc56)cc4)c4ccc(-c5ccc(-c6ccc(-c7ccc(-c8ccc(N(c9ccc(-c%10cccc%11c%10oc%10ccccc%10%11)cc9)c9cc%10ccccc%10c%10ccccc9%10)cc8)cc7)cc6)c6c5oc5ccccc56)cc4)cc3)cc21. The monoisotopic (exact) mass is 1430 g/mol. The van der Waals surface area contributed by atoms with Crippen molar-refractivity contribution in [3.05, 3.63) is 399 Å². The molecule has 1 aliphatic carbocycles. The van der Waals surface area contributed by atoms with Gasteiger partial charge >= 0.3 is 0 Å². The van der Waals surface area contributed by atoms with Crippen LogP contribution in [0, 0.1) is 0 Å². The molecule has 526 valence electrons. The standard InChI is InChI=1S/C107H70N2O3/c1-107(2)97-29-11-7-20-89(97)90-62-51-76(65-98(90)107)71-43-52-78(53-44-71)108(79-56-45-73(46-57-79)85-25-15-27-94-92-22-8-12-30-100(92)110-104(85)94)80-58-47-75(48-59-80)87-64-63-84(103-96-24-10-14-32-102(96)112-106(87)103)72-39-37-69(38-40-72)67-33-35-68(36-34-67)70-41-54-81(55-42-70)109(99-66-77-17-3-4-18-83(77)88-19-5-6-21-91(88)99)82-60-49-74(50-61-82)86-26-16-28-95-93-23-9-13-31-101(93)111-105(86)95/h3-66H,1-2H3. The van der Waals surface area contributed by atoms with Crippen LogP contribution in [0.25, 0.3) is 176 Å². The average Bonchev–Trinajstić information content (AvgIpc) is 1.65. The Bertz CT molecular complexity index is 7290. The molecule has 0 radical (unpaired) electrons. The number of rotatable bonds is 13. The van der Waals surface area contributed by atoms with Crippen LogP contribution in [0.15, 0.2) is 401 Å². The smallest absolute Gasteiger partial charge is 0.143 e. The Balaban J connectivity index is 0.559. The number of furan rings is 3. The lowest BCUT2D eigenvalue weighted by Crippen LogP contribution is -2.14. The predicted molar refractivity (Wildman–Crippen MR) is 468 cm³/mol. The maximum Gasteiger partial charge on any atom is 0.143 e. The van der Waals surface area contributed by atoms with Crippen molar-refractivity contribution in [3.63, 3.8) is 0 Å². The van der Waals surface area contributed by atoms with E-state index in [9.17, 15) is 0 Å². The van der Waals surface area contributed by atoms with E-state index in [1.54, 1.807) is 0 Å². The number of fused-ring (bicyclic) bond motifs is 15. The molecule has 0 N–H and O–H groups in total. The molecule has 0 unspecified atom stereocenters. The summed E-state index contributed by atoms with van der Waals surface area (Å²) >= 11 is 0. The van der Waals surface area contributed by atoms with E-state index in [2.05, 4.69) is 388 Å². The second kappa shape index (κ2) is 25.8. The Morgan fingerprint density at radius 3 is 1.07 bits per heavy atom. The van der Waals surface area contributed by atoms with E-state index in [1.165, 1.54) is 54.9 Å². The van der Waals surface area contributed by atoms with Crippen LogP contribution >= 0.6 is 0 Å². The van der Waals surface area contributed by atoms with E-state index in [-0.39, 0.29) is 5.41 Å². The molecule has 0 saturated heterocycles. The van der Waals surface area contributed by atoms with Crippen molar-refractivity contribution >= 4 is 121 Å². The van der Waals surface area contributed by atoms with E-state index >= 15 is 0 Å². The molecule has 0 saturated carbocycles. The van der Waals surface area contributed by atoms with E-state index < -0.39 is 0 Å². The van der Waals surface area contributed by atoms with Gasteiger partial charge in [-0.2, -0.15) is 0 Å². The first-order chi connectivity index (χ1) is 55.3. The Morgan fingerprint density at radius 2 is 0.536 bits per heavy atom. The van der Waals surface area contributed by atoms with Crippen LogP contribution in [0.3, 0.4) is 0 Å². The fourth-order valence-corrected chi connectivity index (χ4v) is 17.9. The maximum absolute atomic E-state index is 6.95. The van der Waals surface area contributed by atoms with Crippen molar-refractivity contribution in [2.24, 2.45) is 0 Å². The molecule has 1 aliphatic rings. The quantitative estimate of drug-likeness (QED) is 0.108. The molecular weight excluding hydrogens is 1360 g/mol. The summed E-state index contributed by atoms with van der Waals surface area (Å²) in [7, 11) is 0. The van der Waals surface area contributed by atoms with E-state index in [0.29, 0.717) is 0 Å². The summed E-state index contributed by atoms with van der Waals surface area (Å²) in [5.41, 5.74) is 32.6.